The number of amides is 2. The predicted molar refractivity (Wildman–Crippen MR) is 109 cm³/mol. The van der Waals surface area contributed by atoms with Gasteiger partial charge in [-0.1, -0.05) is 36.4 Å². The monoisotopic (exact) mass is 381 g/mol. The van der Waals surface area contributed by atoms with E-state index in [1.165, 1.54) is 12.7 Å². The average Bonchev–Trinajstić information content (AvgIpc) is 2.73. The number of hydrogen-bond acceptors (Lipinski definition) is 4. The van der Waals surface area contributed by atoms with Crippen molar-refractivity contribution in [2.75, 3.05) is 25.5 Å². The maximum absolute atomic E-state index is 12.2. The van der Waals surface area contributed by atoms with E-state index in [1.54, 1.807) is 24.3 Å². The van der Waals surface area contributed by atoms with Crippen LogP contribution in [-0.2, 0) is 11.2 Å². The molecule has 0 radical (unpaired) electrons. The normalized spacial score (nSPS) is 18.9. The SMILES string of the molecule is COC(=O)c1cccc(NC(=O)NC[C@@H]2C[C@H](Cc3ccccc3)CCN2)c1. The van der Waals surface area contributed by atoms with Gasteiger partial charge in [-0.25, -0.2) is 9.59 Å². The van der Waals surface area contributed by atoms with Gasteiger partial charge in [0.05, 0.1) is 12.7 Å². The first-order valence-corrected chi connectivity index (χ1v) is 9.64. The fourth-order valence-corrected chi connectivity index (χ4v) is 3.62. The molecule has 6 nitrogen and oxygen atoms in total. The molecule has 28 heavy (non-hydrogen) atoms. The van der Waals surface area contributed by atoms with Crippen LogP contribution in [0.3, 0.4) is 0 Å². The van der Waals surface area contributed by atoms with Crippen LogP contribution in [0.2, 0.25) is 0 Å². The van der Waals surface area contributed by atoms with Crippen LogP contribution in [0.25, 0.3) is 0 Å². The van der Waals surface area contributed by atoms with Gasteiger partial charge >= 0.3 is 12.0 Å². The first kappa shape index (κ1) is 19.9. The number of carbonyl (C=O) groups excluding carboxylic acids is 2. The lowest BCUT2D eigenvalue weighted by atomic mass is 9.87. The Morgan fingerprint density at radius 2 is 1.96 bits per heavy atom. The Morgan fingerprint density at radius 3 is 2.75 bits per heavy atom. The number of piperidine rings is 1. The topological polar surface area (TPSA) is 79.5 Å². The molecule has 2 aromatic carbocycles. The molecule has 0 saturated carbocycles. The third-order valence-corrected chi connectivity index (χ3v) is 5.02. The highest BCUT2D eigenvalue weighted by molar-refractivity contribution is 5.93. The standard InChI is InChI=1S/C22H27N3O3/c1-28-21(26)18-8-5-9-19(14-18)25-22(27)24-15-20-13-17(10-11-23-20)12-16-6-3-2-4-7-16/h2-9,14,17,20,23H,10-13,15H2,1H3,(H2,24,25,27)/t17-,20-/m0/s1. The third-order valence-electron chi connectivity index (χ3n) is 5.02. The van der Waals surface area contributed by atoms with Gasteiger partial charge in [0.2, 0.25) is 0 Å². The lowest BCUT2D eigenvalue weighted by Crippen LogP contribution is -2.47. The van der Waals surface area contributed by atoms with Gasteiger partial charge in [0.25, 0.3) is 0 Å². The van der Waals surface area contributed by atoms with Crippen molar-refractivity contribution in [1.29, 1.82) is 0 Å². The predicted octanol–water partition coefficient (Wildman–Crippen LogP) is 3.21. The van der Waals surface area contributed by atoms with Crippen molar-refractivity contribution in [3.63, 3.8) is 0 Å². The fraction of sp³-hybridized carbons (Fsp3) is 0.364. The van der Waals surface area contributed by atoms with Crippen LogP contribution in [0.4, 0.5) is 10.5 Å². The summed E-state index contributed by atoms with van der Waals surface area (Å²) in [6.07, 6.45) is 3.26. The minimum Gasteiger partial charge on any atom is -0.465 e. The van der Waals surface area contributed by atoms with Crippen LogP contribution >= 0.6 is 0 Å². The van der Waals surface area contributed by atoms with Gasteiger partial charge in [-0.15, -0.1) is 0 Å². The molecule has 0 aromatic heterocycles. The first-order valence-electron chi connectivity index (χ1n) is 9.64. The molecule has 1 aliphatic rings. The Balaban J connectivity index is 1.46. The molecule has 148 valence electrons. The molecule has 3 rings (SSSR count). The quantitative estimate of drug-likeness (QED) is 0.672. The molecule has 1 heterocycles. The van der Waals surface area contributed by atoms with Crippen LogP contribution in [0, 0.1) is 5.92 Å². The molecule has 2 aromatic rings. The molecule has 6 heteroatoms. The fourth-order valence-electron chi connectivity index (χ4n) is 3.62. The number of benzene rings is 2. The molecule has 0 spiro atoms. The molecule has 0 bridgehead atoms. The maximum Gasteiger partial charge on any atom is 0.337 e. The summed E-state index contributed by atoms with van der Waals surface area (Å²) in [6.45, 7) is 1.53. The van der Waals surface area contributed by atoms with Gasteiger partial charge in [0.1, 0.15) is 0 Å². The lowest BCUT2D eigenvalue weighted by molar-refractivity contribution is 0.0600. The smallest absolute Gasteiger partial charge is 0.337 e. The van der Waals surface area contributed by atoms with E-state index in [9.17, 15) is 9.59 Å². The van der Waals surface area contributed by atoms with Gasteiger partial charge in [-0.3, -0.25) is 0 Å². The molecule has 0 unspecified atom stereocenters. The number of hydrogen-bond donors (Lipinski definition) is 3. The Hall–Kier alpha value is -2.86. The second-order valence-electron chi connectivity index (χ2n) is 7.14. The van der Waals surface area contributed by atoms with E-state index in [2.05, 4.69) is 40.2 Å². The Kier molecular flexibility index (Phi) is 7.03. The van der Waals surface area contributed by atoms with Crippen molar-refractivity contribution >= 4 is 17.7 Å². The second-order valence-corrected chi connectivity index (χ2v) is 7.14. The van der Waals surface area contributed by atoms with E-state index < -0.39 is 5.97 Å². The molecular weight excluding hydrogens is 354 g/mol. The first-order chi connectivity index (χ1) is 13.6. The van der Waals surface area contributed by atoms with E-state index in [0.29, 0.717) is 23.7 Å². The van der Waals surface area contributed by atoms with Crippen molar-refractivity contribution < 1.29 is 14.3 Å². The number of methoxy groups -OCH3 is 1. The molecule has 0 aliphatic carbocycles. The van der Waals surface area contributed by atoms with Gasteiger partial charge in [0, 0.05) is 18.3 Å². The molecule has 1 aliphatic heterocycles. The van der Waals surface area contributed by atoms with E-state index >= 15 is 0 Å². The van der Waals surface area contributed by atoms with Gasteiger partial charge in [-0.2, -0.15) is 0 Å². The summed E-state index contributed by atoms with van der Waals surface area (Å²) >= 11 is 0. The van der Waals surface area contributed by atoms with Crippen molar-refractivity contribution in [2.45, 2.75) is 25.3 Å². The number of rotatable bonds is 6. The molecule has 1 fully saturated rings. The van der Waals surface area contributed by atoms with Crippen molar-refractivity contribution in [2.24, 2.45) is 5.92 Å². The zero-order valence-electron chi connectivity index (χ0n) is 16.1. The third kappa shape index (κ3) is 5.82. The number of nitrogens with one attached hydrogen (secondary N) is 3. The minimum absolute atomic E-state index is 0.259. The summed E-state index contributed by atoms with van der Waals surface area (Å²) in [7, 11) is 1.33. The average molecular weight is 381 g/mol. The molecule has 2 amide bonds. The molecular formula is C22H27N3O3. The lowest BCUT2D eigenvalue weighted by Gasteiger charge is -2.30. The Morgan fingerprint density at radius 1 is 1.14 bits per heavy atom. The van der Waals surface area contributed by atoms with Crippen molar-refractivity contribution in [3.05, 3.63) is 65.7 Å². The molecule has 3 N–H and O–H groups in total. The summed E-state index contributed by atoms with van der Waals surface area (Å²) in [4.78, 5) is 23.8. The number of esters is 1. The highest BCUT2D eigenvalue weighted by Gasteiger charge is 2.22. The highest BCUT2D eigenvalue weighted by Crippen LogP contribution is 2.21. The summed E-state index contributed by atoms with van der Waals surface area (Å²) in [6, 6.07) is 17.2. The Bertz CT molecular complexity index is 795. The second kappa shape index (κ2) is 9.90. The van der Waals surface area contributed by atoms with Crippen LogP contribution < -0.4 is 16.0 Å². The molecule has 2 atom stereocenters. The van der Waals surface area contributed by atoms with Crippen LogP contribution in [-0.4, -0.2) is 38.2 Å². The summed E-state index contributed by atoms with van der Waals surface area (Å²) in [5.74, 6) is 0.190. The van der Waals surface area contributed by atoms with Crippen molar-refractivity contribution in [1.82, 2.24) is 10.6 Å². The summed E-state index contributed by atoms with van der Waals surface area (Å²) in [5.41, 5.74) is 2.32. The summed E-state index contributed by atoms with van der Waals surface area (Å²) in [5, 5.41) is 9.17. The summed E-state index contributed by atoms with van der Waals surface area (Å²) < 4.78 is 4.70. The van der Waals surface area contributed by atoms with E-state index in [4.69, 9.17) is 4.74 Å². The van der Waals surface area contributed by atoms with E-state index in [0.717, 1.165) is 25.8 Å². The van der Waals surface area contributed by atoms with Crippen LogP contribution in [0.1, 0.15) is 28.8 Å². The van der Waals surface area contributed by atoms with Crippen molar-refractivity contribution in [3.8, 4) is 0 Å². The van der Waals surface area contributed by atoms with Gasteiger partial charge < -0.3 is 20.7 Å². The molecule has 1 saturated heterocycles. The zero-order chi connectivity index (χ0) is 19.8. The number of urea groups is 1. The highest BCUT2D eigenvalue weighted by atomic mass is 16.5. The maximum atomic E-state index is 12.2. The van der Waals surface area contributed by atoms with E-state index in [1.807, 2.05) is 6.07 Å². The van der Waals surface area contributed by atoms with Crippen LogP contribution in [0.15, 0.2) is 54.6 Å². The van der Waals surface area contributed by atoms with Gasteiger partial charge in [-0.05, 0) is 55.5 Å². The van der Waals surface area contributed by atoms with Gasteiger partial charge in [0.15, 0.2) is 0 Å². The number of anilines is 1. The Labute approximate surface area is 165 Å². The van der Waals surface area contributed by atoms with Crippen LogP contribution in [0.5, 0.6) is 0 Å². The number of ether oxygens (including phenoxy) is 1. The zero-order valence-corrected chi connectivity index (χ0v) is 16.1. The van der Waals surface area contributed by atoms with E-state index in [-0.39, 0.29) is 12.1 Å². The largest absolute Gasteiger partial charge is 0.465 e. The minimum atomic E-state index is -0.431. The number of carbonyl (C=O) groups is 2.